The summed E-state index contributed by atoms with van der Waals surface area (Å²) < 4.78 is 5.73. The lowest BCUT2D eigenvalue weighted by Crippen LogP contribution is -2.53. The molecule has 0 aromatic heterocycles. The fourth-order valence-corrected chi connectivity index (χ4v) is 2.08. The van der Waals surface area contributed by atoms with Gasteiger partial charge in [-0.05, 0) is 20.8 Å². The van der Waals surface area contributed by atoms with Gasteiger partial charge in [-0.3, -0.25) is 4.90 Å². The van der Waals surface area contributed by atoms with Gasteiger partial charge < -0.3 is 14.9 Å². The summed E-state index contributed by atoms with van der Waals surface area (Å²) in [5.74, 6) is 0. The fourth-order valence-electron chi connectivity index (χ4n) is 2.08. The molecule has 1 rings (SSSR count). The third-order valence-electron chi connectivity index (χ3n) is 2.32. The molecule has 0 aromatic carbocycles. The number of aliphatic hydroxyl groups excluding tert-OH is 2. The SMILES string of the molecule is CC1CN(CC(O)CO)CC(C)(C)O1. The van der Waals surface area contributed by atoms with Gasteiger partial charge in [0, 0.05) is 19.6 Å². The lowest BCUT2D eigenvalue weighted by Gasteiger charge is -2.42. The molecule has 0 radical (unpaired) electrons. The van der Waals surface area contributed by atoms with Crippen molar-refractivity contribution in [1.82, 2.24) is 4.90 Å². The second-order valence-electron chi connectivity index (χ2n) is 4.72. The molecule has 2 atom stereocenters. The van der Waals surface area contributed by atoms with Crippen LogP contribution in [0.3, 0.4) is 0 Å². The molecule has 84 valence electrons. The molecular formula is C10H21NO3. The first-order valence-electron chi connectivity index (χ1n) is 5.12. The Bertz CT molecular complexity index is 184. The summed E-state index contributed by atoms with van der Waals surface area (Å²) in [5.41, 5.74) is -0.160. The standard InChI is InChI=1S/C10H21NO3/c1-8-4-11(5-9(13)6-12)7-10(2,3)14-8/h8-9,12-13H,4-7H2,1-3H3. The number of aliphatic hydroxyl groups is 2. The van der Waals surface area contributed by atoms with Gasteiger partial charge in [0.05, 0.1) is 24.4 Å². The molecule has 2 unspecified atom stereocenters. The zero-order valence-corrected chi connectivity index (χ0v) is 9.23. The lowest BCUT2D eigenvalue weighted by molar-refractivity contribution is -0.135. The lowest BCUT2D eigenvalue weighted by atomic mass is 10.1. The van der Waals surface area contributed by atoms with Crippen molar-refractivity contribution in [3.8, 4) is 0 Å². The van der Waals surface area contributed by atoms with Crippen molar-refractivity contribution < 1.29 is 14.9 Å². The quantitative estimate of drug-likeness (QED) is 0.669. The molecule has 14 heavy (non-hydrogen) atoms. The maximum absolute atomic E-state index is 9.33. The van der Waals surface area contributed by atoms with E-state index in [0.717, 1.165) is 13.1 Å². The number of morpholine rings is 1. The van der Waals surface area contributed by atoms with Crippen LogP contribution in [0.25, 0.3) is 0 Å². The van der Waals surface area contributed by atoms with Gasteiger partial charge in [0.25, 0.3) is 0 Å². The molecule has 0 bridgehead atoms. The molecule has 1 aliphatic heterocycles. The Morgan fingerprint density at radius 2 is 2.21 bits per heavy atom. The van der Waals surface area contributed by atoms with Crippen LogP contribution >= 0.6 is 0 Å². The van der Waals surface area contributed by atoms with E-state index in [-0.39, 0.29) is 18.3 Å². The van der Waals surface area contributed by atoms with Crippen molar-refractivity contribution in [2.45, 2.75) is 38.6 Å². The molecule has 1 heterocycles. The molecule has 0 saturated carbocycles. The van der Waals surface area contributed by atoms with Gasteiger partial charge in [0.1, 0.15) is 0 Å². The number of nitrogens with zero attached hydrogens (tertiary/aromatic N) is 1. The zero-order valence-electron chi connectivity index (χ0n) is 9.23. The fraction of sp³-hybridized carbons (Fsp3) is 1.00. The summed E-state index contributed by atoms with van der Waals surface area (Å²) in [6, 6.07) is 0. The topological polar surface area (TPSA) is 52.9 Å². The Morgan fingerprint density at radius 3 is 2.71 bits per heavy atom. The molecule has 0 aromatic rings. The molecule has 4 nitrogen and oxygen atoms in total. The predicted molar refractivity (Wildman–Crippen MR) is 54.2 cm³/mol. The first-order chi connectivity index (χ1) is 6.43. The van der Waals surface area contributed by atoms with Crippen LogP contribution in [0.15, 0.2) is 0 Å². The van der Waals surface area contributed by atoms with Crippen molar-refractivity contribution in [3.05, 3.63) is 0 Å². The Morgan fingerprint density at radius 1 is 1.57 bits per heavy atom. The Balaban J connectivity index is 2.45. The average molecular weight is 203 g/mol. The second-order valence-corrected chi connectivity index (χ2v) is 4.72. The third-order valence-corrected chi connectivity index (χ3v) is 2.32. The largest absolute Gasteiger partial charge is 0.394 e. The van der Waals surface area contributed by atoms with Crippen LogP contribution in [0.4, 0.5) is 0 Å². The van der Waals surface area contributed by atoms with Gasteiger partial charge >= 0.3 is 0 Å². The Labute approximate surface area is 85.5 Å². The Kier molecular flexibility index (Phi) is 3.89. The number of rotatable bonds is 3. The summed E-state index contributed by atoms with van der Waals surface area (Å²) in [4.78, 5) is 2.13. The first-order valence-corrected chi connectivity index (χ1v) is 5.12. The van der Waals surface area contributed by atoms with Crippen molar-refractivity contribution in [3.63, 3.8) is 0 Å². The van der Waals surface area contributed by atoms with Crippen molar-refractivity contribution >= 4 is 0 Å². The normalized spacial score (nSPS) is 30.2. The monoisotopic (exact) mass is 203 g/mol. The summed E-state index contributed by atoms with van der Waals surface area (Å²) in [7, 11) is 0. The van der Waals surface area contributed by atoms with Gasteiger partial charge in [-0.25, -0.2) is 0 Å². The molecule has 1 fully saturated rings. The van der Waals surface area contributed by atoms with Crippen LogP contribution in [-0.2, 0) is 4.74 Å². The van der Waals surface area contributed by atoms with E-state index < -0.39 is 6.10 Å². The Hall–Kier alpha value is -0.160. The minimum atomic E-state index is -0.643. The molecule has 0 amide bonds. The van der Waals surface area contributed by atoms with E-state index in [1.54, 1.807) is 0 Å². The molecular weight excluding hydrogens is 182 g/mol. The molecule has 1 aliphatic rings. The van der Waals surface area contributed by atoms with Gasteiger partial charge in [-0.2, -0.15) is 0 Å². The van der Waals surface area contributed by atoms with E-state index >= 15 is 0 Å². The smallest absolute Gasteiger partial charge is 0.0897 e. The summed E-state index contributed by atoms with van der Waals surface area (Å²) >= 11 is 0. The number of ether oxygens (including phenoxy) is 1. The van der Waals surface area contributed by atoms with Crippen LogP contribution in [0, 0.1) is 0 Å². The van der Waals surface area contributed by atoms with Crippen molar-refractivity contribution in [2.24, 2.45) is 0 Å². The second kappa shape index (κ2) is 4.57. The van der Waals surface area contributed by atoms with E-state index in [9.17, 15) is 5.11 Å². The van der Waals surface area contributed by atoms with Crippen LogP contribution in [0.2, 0.25) is 0 Å². The third kappa shape index (κ3) is 3.53. The van der Waals surface area contributed by atoms with E-state index in [1.807, 2.05) is 20.8 Å². The van der Waals surface area contributed by atoms with E-state index in [0.29, 0.717) is 6.54 Å². The van der Waals surface area contributed by atoms with Gasteiger partial charge in [0.15, 0.2) is 0 Å². The highest BCUT2D eigenvalue weighted by molar-refractivity contribution is 4.83. The predicted octanol–water partition coefficient (Wildman–Crippen LogP) is -0.161. The zero-order chi connectivity index (χ0) is 10.8. The first kappa shape index (κ1) is 11.9. The highest BCUT2D eigenvalue weighted by Crippen LogP contribution is 2.20. The molecule has 0 spiro atoms. The van der Waals surface area contributed by atoms with Crippen LogP contribution in [0.5, 0.6) is 0 Å². The molecule has 4 heteroatoms. The number of hydrogen-bond donors (Lipinski definition) is 2. The number of hydrogen-bond acceptors (Lipinski definition) is 4. The van der Waals surface area contributed by atoms with Crippen LogP contribution < -0.4 is 0 Å². The van der Waals surface area contributed by atoms with Crippen molar-refractivity contribution in [1.29, 1.82) is 0 Å². The van der Waals surface area contributed by atoms with E-state index in [4.69, 9.17) is 9.84 Å². The molecule has 2 N–H and O–H groups in total. The molecule has 1 saturated heterocycles. The van der Waals surface area contributed by atoms with Gasteiger partial charge in [0.2, 0.25) is 0 Å². The number of β-amino-alcohol motifs (C(OH)–C–C–N with tert-alkyl or cyclic N) is 1. The summed E-state index contributed by atoms with van der Waals surface area (Å²) in [5, 5.41) is 18.1. The van der Waals surface area contributed by atoms with Crippen LogP contribution in [0.1, 0.15) is 20.8 Å². The highest BCUT2D eigenvalue weighted by atomic mass is 16.5. The summed E-state index contributed by atoms with van der Waals surface area (Å²) in [6.45, 7) is 8.08. The van der Waals surface area contributed by atoms with Gasteiger partial charge in [-0.1, -0.05) is 0 Å². The van der Waals surface area contributed by atoms with E-state index in [1.165, 1.54) is 0 Å². The minimum absolute atomic E-state index is 0.160. The van der Waals surface area contributed by atoms with Crippen molar-refractivity contribution in [2.75, 3.05) is 26.2 Å². The minimum Gasteiger partial charge on any atom is -0.394 e. The van der Waals surface area contributed by atoms with E-state index in [2.05, 4.69) is 4.90 Å². The average Bonchev–Trinajstić information content (AvgIpc) is 1.99. The molecule has 0 aliphatic carbocycles. The maximum atomic E-state index is 9.33. The van der Waals surface area contributed by atoms with Gasteiger partial charge in [-0.15, -0.1) is 0 Å². The van der Waals surface area contributed by atoms with Crippen LogP contribution in [-0.4, -0.2) is 59.2 Å². The summed E-state index contributed by atoms with van der Waals surface area (Å²) in [6.07, 6.45) is -0.458. The maximum Gasteiger partial charge on any atom is 0.0897 e. The highest BCUT2D eigenvalue weighted by Gasteiger charge is 2.31.